The molecule has 1 aliphatic heterocycles. The van der Waals surface area contributed by atoms with Crippen molar-refractivity contribution < 1.29 is 9.59 Å². The number of pyridine rings is 1. The van der Waals surface area contributed by atoms with E-state index < -0.39 is 0 Å². The molecule has 1 saturated carbocycles. The minimum atomic E-state index is -0.144. The van der Waals surface area contributed by atoms with E-state index in [9.17, 15) is 9.59 Å². The van der Waals surface area contributed by atoms with Crippen LogP contribution < -0.4 is 5.32 Å². The summed E-state index contributed by atoms with van der Waals surface area (Å²) in [7, 11) is 0. The molecule has 1 N–H and O–H groups in total. The van der Waals surface area contributed by atoms with E-state index in [1.54, 1.807) is 23.5 Å². The first-order valence-corrected chi connectivity index (χ1v) is 9.51. The Morgan fingerprint density at radius 2 is 2.07 bits per heavy atom. The normalized spacial score (nSPS) is 16.6. The van der Waals surface area contributed by atoms with Gasteiger partial charge in [-0.3, -0.25) is 14.6 Å². The van der Waals surface area contributed by atoms with Crippen LogP contribution in [-0.4, -0.2) is 51.3 Å². The zero-order valence-electron chi connectivity index (χ0n) is 15.2. The van der Waals surface area contributed by atoms with E-state index in [1.165, 1.54) is 0 Å². The van der Waals surface area contributed by atoms with Crippen molar-refractivity contribution in [3.05, 3.63) is 53.4 Å². The third-order valence-corrected chi connectivity index (χ3v) is 5.01. The van der Waals surface area contributed by atoms with Crippen LogP contribution in [0, 0.1) is 0 Å². The van der Waals surface area contributed by atoms with E-state index in [2.05, 4.69) is 20.3 Å². The van der Waals surface area contributed by atoms with Gasteiger partial charge in [-0.1, -0.05) is 0 Å². The molecule has 0 atom stereocenters. The number of amides is 2. The van der Waals surface area contributed by atoms with Crippen molar-refractivity contribution >= 4 is 11.8 Å². The molecule has 2 aliphatic rings. The fourth-order valence-corrected chi connectivity index (χ4v) is 3.33. The highest BCUT2D eigenvalue weighted by atomic mass is 16.2. The summed E-state index contributed by atoms with van der Waals surface area (Å²) < 4.78 is 0. The van der Waals surface area contributed by atoms with E-state index in [0.717, 1.165) is 49.2 Å². The number of aryl methyl sites for hydroxylation is 1. The lowest BCUT2D eigenvalue weighted by Crippen LogP contribution is -2.41. The lowest BCUT2D eigenvalue weighted by molar-refractivity contribution is -0.121. The Morgan fingerprint density at radius 1 is 1.26 bits per heavy atom. The van der Waals surface area contributed by atoms with E-state index in [4.69, 9.17) is 0 Å². The topological polar surface area (TPSA) is 88.1 Å². The summed E-state index contributed by atoms with van der Waals surface area (Å²) in [4.78, 5) is 39.7. The van der Waals surface area contributed by atoms with Gasteiger partial charge in [-0.15, -0.1) is 0 Å². The van der Waals surface area contributed by atoms with Crippen molar-refractivity contribution in [1.29, 1.82) is 0 Å². The molecule has 1 aliphatic carbocycles. The maximum absolute atomic E-state index is 12.8. The number of rotatable bonds is 6. The van der Waals surface area contributed by atoms with Gasteiger partial charge in [0.1, 0.15) is 5.82 Å². The van der Waals surface area contributed by atoms with Crippen LogP contribution in [0.5, 0.6) is 0 Å². The second-order valence-electron chi connectivity index (χ2n) is 7.15. The Morgan fingerprint density at radius 3 is 2.85 bits per heavy atom. The van der Waals surface area contributed by atoms with Crippen molar-refractivity contribution in [1.82, 2.24) is 25.2 Å². The Bertz CT molecular complexity index is 836. The number of carbonyl (C=O) groups excluding carboxylic acids is 2. The quantitative estimate of drug-likeness (QED) is 0.838. The average Bonchev–Trinajstić information content (AvgIpc) is 3.53. The lowest BCUT2D eigenvalue weighted by atomic mass is 10.1. The fourth-order valence-electron chi connectivity index (χ4n) is 3.33. The SMILES string of the molecule is O=C(CN1CCCc2nc(C3CC3)ncc2C1=O)NCCc1ccncc1. The Hall–Kier alpha value is -2.83. The molecule has 7 heteroatoms. The molecular formula is C20H23N5O2. The summed E-state index contributed by atoms with van der Waals surface area (Å²) in [6, 6.07) is 3.86. The number of nitrogens with zero attached hydrogens (tertiary/aromatic N) is 4. The van der Waals surface area contributed by atoms with E-state index in [-0.39, 0.29) is 18.4 Å². The first kappa shape index (κ1) is 17.6. The minimum Gasteiger partial charge on any atom is -0.354 e. The van der Waals surface area contributed by atoms with Crippen molar-refractivity contribution in [2.75, 3.05) is 19.6 Å². The molecule has 0 bridgehead atoms. The van der Waals surface area contributed by atoms with E-state index in [0.29, 0.717) is 24.6 Å². The molecule has 0 radical (unpaired) electrons. The molecule has 0 saturated heterocycles. The summed E-state index contributed by atoms with van der Waals surface area (Å²) in [5.74, 6) is 1.05. The molecule has 140 valence electrons. The smallest absolute Gasteiger partial charge is 0.257 e. The van der Waals surface area contributed by atoms with Gasteiger partial charge < -0.3 is 10.2 Å². The van der Waals surface area contributed by atoms with E-state index in [1.807, 2.05) is 12.1 Å². The third-order valence-electron chi connectivity index (χ3n) is 5.01. The van der Waals surface area contributed by atoms with Crippen LogP contribution in [0.2, 0.25) is 0 Å². The van der Waals surface area contributed by atoms with Crippen molar-refractivity contribution in [2.45, 2.75) is 38.0 Å². The molecule has 0 unspecified atom stereocenters. The van der Waals surface area contributed by atoms with Gasteiger partial charge >= 0.3 is 0 Å². The van der Waals surface area contributed by atoms with Gasteiger partial charge in [0.05, 0.1) is 17.8 Å². The molecule has 0 aromatic carbocycles. The van der Waals surface area contributed by atoms with Gasteiger partial charge in [-0.2, -0.15) is 0 Å². The van der Waals surface area contributed by atoms with Gasteiger partial charge in [0.15, 0.2) is 0 Å². The highest BCUT2D eigenvalue weighted by Gasteiger charge is 2.30. The Labute approximate surface area is 158 Å². The van der Waals surface area contributed by atoms with E-state index >= 15 is 0 Å². The molecule has 1 fully saturated rings. The van der Waals surface area contributed by atoms with Crippen molar-refractivity contribution in [2.24, 2.45) is 0 Å². The first-order valence-electron chi connectivity index (χ1n) is 9.51. The van der Waals surface area contributed by atoms with Crippen molar-refractivity contribution in [3.63, 3.8) is 0 Å². The maximum atomic E-state index is 12.8. The molecule has 2 aromatic heterocycles. The first-order chi connectivity index (χ1) is 13.2. The number of fused-ring (bicyclic) bond motifs is 1. The molecule has 2 aromatic rings. The highest BCUT2D eigenvalue weighted by molar-refractivity contribution is 5.97. The highest BCUT2D eigenvalue weighted by Crippen LogP contribution is 2.38. The number of hydrogen-bond donors (Lipinski definition) is 1. The van der Waals surface area contributed by atoms with Gasteiger partial charge in [0, 0.05) is 37.6 Å². The third kappa shape index (κ3) is 4.30. The largest absolute Gasteiger partial charge is 0.354 e. The zero-order chi connectivity index (χ0) is 18.6. The maximum Gasteiger partial charge on any atom is 0.257 e. The fraction of sp³-hybridized carbons (Fsp3) is 0.450. The molecule has 0 spiro atoms. The molecule has 3 heterocycles. The Balaban J connectivity index is 1.34. The predicted molar refractivity (Wildman–Crippen MR) is 99.2 cm³/mol. The number of nitrogens with one attached hydrogen (secondary N) is 1. The van der Waals surface area contributed by atoms with Crippen LogP contribution in [0.3, 0.4) is 0 Å². The Kier molecular flexibility index (Phi) is 5.09. The van der Waals surface area contributed by atoms with Crippen LogP contribution in [0.1, 0.15) is 52.6 Å². The van der Waals surface area contributed by atoms with Gasteiger partial charge in [-0.25, -0.2) is 9.97 Å². The average molecular weight is 365 g/mol. The van der Waals surface area contributed by atoms with Crippen LogP contribution in [-0.2, 0) is 17.6 Å². The molecule has 2 amide bonds. The number of carbonyl (C=O) groups is 2. The van der Waals surface area contributed by atoms with Gasteiger partial charge in [0.2, 0.25) is 5.91 Å². The summed E-state index contributed by atoms with van der Waals surface area (Å²) in [6.45, 7) is 1.17. The monoisotopic (exact) mass is 365 g/mol. The lowest BCUT2D eigenvalue weighted by Gasteiger charge is -2.20. The van der Waals surface area contributed by atoms with Crippen molar-refractivity contribution in [3.8, 4) is 0 Å². The molecule has 7 nitrogen and oxygen atoms in total. The zero-order valence-corrected chi connectivity index (χ0v) is 15.2. The van der Waals surface area contributed by atoms with Crippen LogP contribution in [0.4, 0.5) is 0 Å². The van der Waals surface area contributed by atoms with Crippen LogP contribution >= 0.6 is 0 Å². The standard InChI is InChI=1S/C20H23N5O2/c26-18(22-10-7-14-5-8-21-9-6-14)13-25-11-1-2-17-16(20(25)27)12-23-19(24-17)15-3-4-15/h5-6,8-9,12,15H,1-4,7,10-11,13H2,(H,22,26). The second-order valence-corrected chi connectivity index (χ2v) is 7.15. The second kappa shape index (κ2) is 7.82. The summed E-state index contributed by atoms with van der Waals surface area (Å²) in [6.07, 6.45) is 9.70. The van der Waals surface area contributed by atoms with Crippen LogP contribution in [0.25, 0.3) is 0 Å². The summed E-state index contributed by atoms with van der Waals surface area (Å²) in [5, 5.41) is 2.89. The number of hydrogen-bond acceptors (Lipinski definition) is 5. The van der Waals surface area contributed by atoms with Crippen LogP contribution in [0.15, 0.2) is 30.7 Å². The molecule has 27 heavy (non-hydrogen) atoms. The summed E-state index contributed by atoms with van der Waals surface area (Å²) >= 11 is 0. The van der Waals surface area contributed by atoms with Gasteiger partial charge in [0.25, 0.3) is 5.91 Å². The number of aromatic nitrogens is 3. The molecular weight excluding hydrogens is 342 g/mol. The predicted octanol–water partition coefficient (Wildman–Crippen LogP) is 1.50. The minimum absolute atomic E-state index is 0.0684. The molecule has 4 rings (SSSR count). The summed E-state index contributed by atoms with van der Waals surface area (Å²) in [5.41, 5.74) is 2.49. The van der Waals surface area contributed by atoms with Gasteiger partial charge in [-0.05, 0) is 49.8 Å².